The van der Waals surface area contributed by atoms with Gasteiger partial charge in [-0.15, -0.1) is 0 Å². The van der Waals surface area contributed by atoms with E-state index in [1.807, 2.05) is 12.1 Å². The van der Waals surface area contributed by atoms with Gasteiger partial charge >= 0.3 is 0 Å². The highest BCUT2D eigenvalue weighted by Gasteiger charge is 2.14. The van der Waals surface area contributed by atoms with Gasteiger partial charge in [-0.2, -0.15) is 0 Å². The lowest BCUT2D eigenvalue weighted by Gasteiger charge is -2.17. The molecule has 1 N–H and O–H groups in total. The number of rotatable bonds is 6. The molecule has 1 heterocycles. The molecule has 0 fully saturated rings. The molecule has 0 aliphatic rings. The van der Waals surface area contributed by atoms with Crippen LogP contribution in [0.5, 0.6) is 11.6 Å². The molecule has 112 valence electrons. The van der Waals surface area contributed by atoms with Crippen LogP contribution in [0.3, 0.4) is 0 Å². The molecular weight excluding hydrogens is 307 g/mol. The standard InChI is InChI=1S/C16H18Cl2N2O/c1-3-8-19-11(2)13-5-4-9-20-16(13)21-15-10-12(17)6-7-14(15)18/h4-7,9-11,19H,3,8H2,1-2H3. The summed E-state index contributed by atoms with van der Waals surface area (Å²) in [5.41, 5.74) is 0.988. The average molecular weight is 325 g/mol. The minimum Gasteiger partial charge on any atom is -0.437 e. The minimum atomic E-state index is 0.145. The molecule has 0 aliphatic carbocycles. The minimum absolute atomic E-state index is 0.145. The molecule has 5 heteroatoms. The molecule has 0 aliphatic heterocycles. The van der Waals surface area contributed by atoms with Crippen LogP contribution in [0.2, 0.25) is 10.0 Å². The summed E-state index contributed by atoms with van der Waals surface area (Å²) >= 11 is 12.1. The van der Waals surface area contributed by atoms with E-state index in [1.165, 1.54) is 0 Å². The Morgan fingerprint density at radius 1 is 1.29 bits per heavy atom. The molecule has 0 spiro atoms. The van der Waals surface area contributed by atoms with Gasteiger partial charge in [-0.1, -0.05) is 36.2 Å². The predicted molar refractivity (Wildman–Crippen MR) is 87.5 cm³/mol. The number of ether oxygens (including phenoxy) is 1. The summed E-state index contributed by atoms with van der Waals surface area (Å²) in [6, 6.07) is 9.15. The number of benzene rings is 1. The third-order valence-electron chi connectivity index (χ3n) is 3.07. The van der Waals surface area contributed by atoms with Gasteiger partial charge in [-0.3, -0.25) is 0 Å². The number of nitrogens with zero attached hydrogens (tertiary/aromatic N) is 1. The van der Waals surface area contributed by atoms with Crippen molar-refractivity contribution in [1.82, 2.24) is 10.3 Å². The molecule has 2 aromatic rings. The first-order chi connectivity index (χ1) is 10.1. The smallest absolute Gasteiger partial charge is 0.224 e. The molecule has 0 saturated carbocycles. The van der Waals surface area contributed by atoms with E-state index in [-0.39, 0.29) is 6.04 Å². The summed E-state index contributed by atoms with van der Waals surface area (Å²) in [6.07, 6.45) is 2.77. The Bertz CT molecular complexity index is 605. The average Bonchev–Trinajstić information content (AvgIpc) is 2.49. The number of hydrogen-bond acceptors (Lipinski definition) is 3. The van der Waals surface area contributed by atoms with Crippen LogP contribution in [0.1, 0.15) is 31.9 Å². The molecule has 1 aromatic carbocycles. The molecule has 0 radical (unpaired) electrons. The van der Waals surface area contributed by atoms with Crippen LogP contribution < -0.4 is 10.1 Å². The van der Waals surface area contributed by atoms with Crippen molar-refractivity contribution in [2.75, 3.05) is 6.54 Å². The first-order valence-electron chi connectivity index (χ1n) is 6.93. The maximum Gasteiger partial charge on any atom is 0.224 e. The van der Waals surface area contributed by atoms with Crippen molar-refractivity contribution in [3.05, 3.63) is 52.1 Å². The quantitative estimate of drug-likeness (QED) is 0.788. The lowest BCUT2D eigenvalue weighted by molar-refractivity contribution is 0.442. The number of pyridine rings is 1. The van der Waals surface area contributed by atoms with Crippen LogP contribution >= 0.6 is 23.2 Å². The van der Waals surface area contributed by atoms with Crippen molar-refractivity contribution in [2.24, 2.45) is 0 Å². The zero-order chi connectivity index (χ0) is 15.2. The van der Waals surface area contributed by atoms with Crippen LogP contribution in [0.15, 0.2) is 36.5 Å². The van der Waals surface area contributed by atoms with Crippen molar-refractivity contribution in [2.45, 2.75) is 26.3 Å². The Hall–Kier alpha value is -1.29. The lowest BCUT2D eigenvalue weighted by Crippen LogP contribution is -2.20. The van der Waals surface area contributed by atoms with E-state index in [1.54, 1.807) is 24.4 Å². The van der Waals surface area contributed by atoms with Crippen molar-refractivity contribution < 1.29 is 4.74 Å². The third-order valence-corrected chi connectivity index (χ3v) is 3.61. The van der Waals surface area contributed by atoms with Gasteiger partial charge < -0.3 is 10.1 Å². The molecule has 21 heavy (non-hydrogen) atoms. The van der Waals surface area contributed by atoms with E-state index in [9.17, 15) is 0 Å². The van der Waals surface area contributed by atoms with Crippen molar-refractivity contribution >= 4 is 23.2 Å². The van der Waals surface area contributed by atoms with Crippen LogP contribution in [-0.4, -0.2) is 11.5 Å². The van der Waals surface area contributed by atoms with Crippen molar-refractivity contribution in [1.29, 1.82) is 0 Å². The molecule has 0 amide bonds. The number of halogens is 2. The Morgan fingerprint density at radius 3 is 2.86 bits per heavy atom. The Balaban J connectivity index is 2.25. The summed E-state index contributed by atoms with van der Waals surface area (Å²) in [5.74, 6) is 1.05. The number of aromatic nitrogens is 1. The van der Waals surface area contributed by atoms with E-state index < -0.39 is 0 Å². The summed E-state index contributed by atoms with van der Waals surface area (Å²) < 4.78 is 5.85. The maximum atomic E-state index is 6.13. The van der Waals surface area contributed by atoms with Gasteiger partial charge in [0.15, 0.2) is 0 Å². The Labute approximate surface area is 135 Å². The van der Waals surface area contributed by atoms with Crippen molar-refractivity contribution in [3.8, 4) is 11.6 Å². The number of nitrogens with one attached hydrogen (secondary N) is 1. The van der Waals surface area contributed by atoms with E-state index in [4.69, 9.17) is 27.9 Å². The molecular formula is C16H18Cl2N2O. The third kappa shape index (κ3) is 4.34. The van der Waals surface area contributed by atoms with E-state index >= 15 is 0 Å². The highest BCUT2D eigenvalue weighted by Crippen LogP contribution is 2.33. The van der Waals surface area contributed by atoms with Gasteiger partial charge in [0.05, 0.1) is 5.02 Å². The molecule has 0 saturated heterocycles. The topological polar surface area (TPSA) is 34.2 Å². The van der Waals surface area contributed by atoms with Crippen molar-refractivity contribution in [3.63, 3.8) is 0 Å². The van der Waals surface area contributed by atoms with E-state index in [0.29, 0.717) is 21.7 Å². The SMILES string of the molecule is CCCNC(C)c1cccnc1Oc1cc(Cl)ccc1Cl. The van der Waals surface area contributed by atoms with Gasteiger partial charge in [-0.25, -0.2) is 4.98 Å². The monoisotopic (exact) mass is 324 g/mol. The van der Waals surface area contributed by atoms with Gasteiger partial charge in [0.1, 0.15) is 5.75 Å². The normalized spacial score (nSPS) is 12.2. The molecule has 0 bridgehead atoms. The van der Waals surface area contributed by atoms with Gasteiger partial charge in [0.2, 0.25) is 5.88 Å². The summed E-state index contributed by atoms with van der Waals surface area (Å²) in [6.45, 7) is 5.15. The molecule has 3 nitrogen and oxygen atoms in total. The fourth-order valence-corrected chi connectivity index (χ4v) is 2.27. The fourth-order valence-electron chi connectivity index (χ4n) is 1.95. The summed E-state index contributed by atoms with van der Waals surface area (Å²) in [7, 11) is 0. The molecule has 1 atom stereocenters. The van der Waals surface area contributed by atoms with Crippen LogP contribution in [0.25, 0.3) is 0 Å². The highest BCUT2D eigenvalue weighted by atomic mass is 35.5. The van der Waals surface area contributed by atoms with Gasteiger partial charge in [0, 0.05) is 28.9 Å². The Kier molecular flexibility index (Phi) is 5.85. The maximum absolute atomic E-state index is 6.13. The zero-order valence-corrected chi connectivity index (χ0v) is 13.6. The lowest BCUT2D eigenvalue weighted by atomic mass is 10.1. The van der Waals surface area contributed by atoms with Gasteiger partial charge in [-0.05, 0) is 38.1 Å². The fraction of sp³-hybridized carbons (Fsp3) is 0.312. The number of hydrogen-bond donors (Lipinski definition) is 1. The second kappa shape index (κ2) is 7.64. The Morgan fingerprint density at radius 2 is 2.10 bits per heavy atom. The zero-order valence-electron chi connectivity index (χ0n) is 12.1. The van der Waals surface area contributed by atoms with E-state index in [0.717, 1.165) is 18.5 Å². The van der Waals surface area contributed by atoms with Gasteiger partial charge in [0.25, 0.3) is 0 Å². The largest absolute Gasteiger partial charge is 0.437 e. The second-order valence-corrected chi connectivity index (χ2v) is 5.59. The molecule has 1 unspecified atom stereocenters. The van der Waals surface area contributed by atoms with Crippen LogP contribution in [0, 0.1) is 0 Å². The summed E-state index contributed by atoms with van der Waals surface area (Å²) in [4.78, 5) is 4.31. The first kappa shape index (κ1) is 16.1. The molecule has 2 rings (SSSR count). The summed E-state index contributed by atoms with van der Waals surface area (Å²) in [5, 5.41) is 4.50. The second-order valence-electron chi connectivity index (χ2n) is 4.75. The van der Waals surface area contributed by atoms with Crippen LogP contribution in [0.4, 0.5) is 0 Å². The molecule has 1 aromatic heterocycles. The highest BCUT2D eigenvalue weighted by molar-refractivity contribution is 6.34. The van der Waals surface area contributed by atoms with E-state index in [2.05, 4.69) is 24.1 Å². The predicted octanol–water partition coefficient (Wildman–Crippen LogP) is 5.24. The first-order valence-corrected chi connectivity index (χ1v) is 7.68. The van der Waals surface area contributed by atoms with Crippen LogP contribution in [-0.2, 0) is 0 Å².